The molecule has 1 aliphatic heterocycles. The normalized spacial score (nSPS) is 16.7. The molecule has 1 atom stereocenters. The van der Waals surface area contributed by atoms with Gasteiger partial charge < -0.3 is 10.6 Å². The molecular weight excluding hydrogens is 368 g/mol. The quantitative estimate of drug-likeness (QED) is 0.655. The Balaban J connectivity index is 1.82. The number of alkyl halides is 2. The minimum absolute atomic E-state index is 0.255. The minimum Gasteiger partial charge on any atom is -0.360 e. The molecule has 8 heteroatoms. The number of fused-ring (bicyclic) bond motifs is 3. The number of rotatable bonds is 2. The largest absolute Gasteiger partial charge is 0.360 e. The van der Waals surface area contributed by atoms with Gasteiger partial charge in [-0.3, -0.25) is 4.79 Å². The van der Waals surface area contributed by atoms with Crippen molar-refractivity contribution in [1.82, 2.24) is 10.3 Å². The molecule has 25 heavy (non-hydrogen) atoms. The van der Waals surface area contributed by atoms with Crippen molar-refractivity contribution in [2.24, 2.45) is 0 Å². The van der Waals surface area contributed by atoms with Crippen molar-refractivity contribution < 1.29 is 13.6 Å². The second-order valence-electron chi connectivity index (χ2n) is 5.75. The number of carbonyl (C=O) groups is 1. The maximum Gasteiger partial charge on any atom is 0.280 e. The van der Waals surface area contributed by atoms with Gasteiger partial charge in [0.05, 0.1) is 5.69 Å². The fraction of sp³-hybridized carbons (Fsp3) is 0.176. The number of thiophene rings is 1. The summed E-state index contributed by atoms with van der Waals surface area (Å²) in [7, 11) is 0. The van der Waals surface area contributed by atoms with Crippen LogP contribution in [0.15, 0.2) is 30.3 Å². The molecule has 2 N–H and O–H groups in total. The van der Waals surface area contributed by atoms with E-state index in [0.717, 1.165) is 16.9 Å². The molecule has 0 unspecified atom stereocenters. The number of nitrogens with zero attached hydrogens (tertiary/aromatic N) is 1. The fourth-order valence-electron chi connectivity index (χ4n) is 2.92. The first kappa shape index (κ1) is 16.2. The van der Waals surface area contributed by atoms with E-state index < -0.39 is 12.6 Å². The Labute approximate surface area is 150 Å². The van der Waals surface area contributed by atoms with E-state index in [4.69, 9.17) is 11.6 Å². The molecule has 0 bridgehead atoms. The highest BCUT2D eigenvalue weighted by molar-refractivity contribution is 7.21. The van der Waals surface area contributed by atoms with Gasteiger partial charge >= 0.3 is 0 Å². The van der Waals surface area contributed by atoms with Crippen LogP contribution in [0.1, 0.15) is 39.1 Å². The zero-order chi connectivity index (χ0) is 17.7. The Bertz CT molecular complexity index is 988. The molecule has 3 heterocycles. The summed E-state index contributed by atoms with van der Waals surface area (Å²) in [4.78, 5) is 17.4. The van der Waals surface area contributed by atoms with Crippen LogP contribution in [0.25, 0.3) is 10.2 Å². The van der Waals surface area contributed by atoms with E-state index in [2.05, 4.69) is 15.6 Å². The smallest absolute Gasteiger partial charge is 0.280 e. The summed E-state index contributed by atoms with van der Waals surface area (Å²) >= 11 is 7.02. The van der Waals surface area contributed by atoms with Gasteiger partial charge in [0, 0.05) is 10.4 Å². The number of aromatic nitrogens is 1. The summed E-state index contributed by atoms with van der Waals surface area (Å²) in [6, 6.07) is 8.49. The second kappa shape index (κ2) is 5.93. The van der Waals surface area contributed by atoms with Gasteiger partial charge in [0.25, 0.3) is 12.3 Å². The van der Waals surface area contributed by atoms with E-state index in [-0.39, 0.29) is 11.6 Å². The number of anilines is 1. The van der Waals surface area contributed by atoms with Gasteiger partial charge in [-0.15, -0.1) is 11.3 Å². The van der Waals surface area contributed by atoms with Crippen LogP contribution in [0.4, 0.5) is 14.5 Å². The lowest BCUT2D eigenvalue weighted by molar-refractivity contribution is 0.0940. The summed E-state index contributed by atoms with van der Waals surface area (Å²) in [5.74, 6) is -0.255. The molecule has 0 aliphatic carbocycles. The number of aryl methyl sites for hydroxylation is 1. The van der Waals surface area contributed by atoms with Crippen molar-refractivity contribution in [2.45, 2.75) is 19.5 Å². The summed E-state index contributed by atoms with van der Waals surface area (Å²) in [5, 5.41) is 7.46. The molecule has 0 saturated carbocycles. The molecule has 1 aromatic carbocycles. The van der Waals surface area contributed by atoms with Crippen LogP contribution < -0.4 is 10.6 Å². The number of nitrogens with one attached hydrogen (secondary N) is 2. The van der Waals surface area contributed by atoms with Crippen molar-refractivity contribution in [2.75, 3.05) is 5.32 Å². The number of halogens is 3. The molecule has 0 radical (unpaired) electrons. The maximum atomic E-state index is 13.0. The lowest BCUT2D eigenvalue weighted by Gasteiger charge is -2.26. The van der Waals surface area contributed by atoms with Gasteiger partial charge in [0.1, 0.15) is 21.6 Å². The van der Waals surface area contributed by atoms with Gasteiger partial charge in [-0.05, 0) is 36.2 Å². The third-order valence-corrected chi connectivity index (χ3v) is 5.41. The average molecular weight is 380 g/mol. The van der Waals surface area contributed by atoms with Crippen molar-refractivity contribution in [3.05, 3.63) is 57.1 Å². The minimum atomic E-state index is -2.65. The number of amides is 1. The lowest BCUT2D eigenvalue weighted by atomic mass is 10.1. The van der Waals surface area contributed by atoms with Crippen molar-refractivity contribution >= 4 is 44.7 Å². The molecule has 0 saturated heterocycles. The summed E-state index contributed by atoms with van der Waals surface area (Å²) in [6.45, 7) is 1.74. The monoisotopic (exact) mass is 379 g/mol. The molecule has 4 nitrogen and oxygen atoms in total. The Morgan fingerprint density at radius 3 is 2.64 bits per heavy atom. The molecule has 0 spiro atoms. The molecule has 1 amide bonds. The SMILES string of the molecule is Cc1cc(C(F)F)nc2sc3c(c12)N[C@@H](c1ccc(Cl)cc1)NC3=O. The molecule has 2 aromatic heterocycles. The first-order chi connectivity index (χ1) is 11.9. The summed E-state index contributed by atoms with van der Waals surface area (Å²) in [6.07, 6.45) is -3.07. The zero-order valence-electron chi connectivity index (χ0n) is 12.9. The van der Waals surface area contributed by atoms with E-state index in [1.807, 2.05) is 12.1 Å². The van der Waals surface area contributed by atoms with Crippen LogP contribution in [0, 0.1) is 6.92 Å². The lowest BCUT2D eigenvalue weighted by Crippen LogP contribution is -2.37. The van der Waals surface area contributed by atoms with Gasteiger partial charge in [-0.1, -0.05) is 23.7 Å². The topological polar surface area (TPSA) is 54.0 Å². The van der Waals surface area contributed by atoms with Gasteiger partial charge in [0.2, 0.25) is 0 Å². The predicted octanol–water partition coefficient (Wildman–Crippen LogP) is 5.05. The number of hydrogen-bond acceptors (Lipinski definition) is 4. The first-order valence-corrected chi connectivity index (χ1v) is 8.68. The fourth-order valence-corrected chi connectivity index (χ4v) is 4.17. The highest BCUT2D eigenvalue weighted by Gasteiger charge is 2.30. The highest BCUT2D eigenvalue weighted by Crippen LogP contribution is 2.41. The van der Waals surface area contributed by atoms with Crippen LogP contribution in [-0.2, 0) is 0 Å². The highest BCUT2D eigenvalue weighted by atomic mass is 35.5. The van der Waals surface area contributed by atoms with Crippen LogP contribution in [0.5, 0.6) is 0 Å². The number of pyridine rings is 1. The molecule has 3 aromatic rings. The van der Waals surface area contributed by atoms with Crippen LogP contribution in [-0.4, -0.2) is 10.9 Å². The van der Waals surface area contributed by atoms with E-state index in [1.54, 1.807) is 19.1 Å². The Morgan fingerprint density at radius 1 is 1.24 bits per heavy atom. The summed E-state index contributed by atoms with van der Waals surface area (Å²) in [5.41, 5.74) is 1.86. The van der Waals surface area contributed by atoms with Crippen LogP contribution >= 0.6 is 22.9 Å². The van der Waals surface area contributed by atoms with Crippen molar-refractivity contribution in [3.63, 3.8) is 0 Å². The Kier molecular flexibility index (Phi) is 3.85. The maximum absolute atomic E-state index is 13.0. The van der Waals surface area contributed by atoms with Gasteiger partial charge in [-0.25, -0.2) is 13.8 Å². The molecular formula is C17H12ClF2N3OS. The third-order valence-electron chi connectivity index (χ3n) is 4.08. The molecule has 1 aliphatic rings. The Hall–Kier alpha value is -2.25. The van der Waals surface area contributed by atoms with E-state index in [1.165, 1.54) is 6.07 Å². The predicted molar refractivity (Wildman–Crippen MR) is 94.6 cm³/mol. The second-order valence-corrected chi connectivity index (χ2v) is 7.19. The molecule has 4 rings (SSSR count). The third kappa shape index (κ3) is 2.73. The van der Waals surface area contributed by atoms with Gasteiger partial charge in [0.15, 0.2) is 0 Å². The van der Waals surface area contributed by atoms with E-state index in [0.29, 0.717) is 31.4 Å². The van der Waals surface area contributed by atoms with Crippen molar-refractivity contribution in [3.8, 4) is 0 Å². The Morgan fingerprint density at radius 2 is 1.96 bits per heavy atom. The van der Waals surface area contributed by atoms with Crippen LogP contribution in [0.2, 0.25) is 5.02 Å². The van der Waals surface area contributed by atoms with E-state index in [9.17, 15) is 13.6 Å². The number of hydrogen-bond donors (Lipinski definition) is 2. The van der Waals surface area contributed by atoms with Crippen LogP contribution in [0.3, 0.4) is 0 Å². The summed E-state index contributed by atoms with van der Waals surface area (Å²) < 4.78 is 26.0. The number of carbonyl (C=O) groups excluding carboxylic acids is 1. The molecule has 128 valence electrons. The van der Waals surface area contributed by atoms with E-state index >= 15 is 0 Å². The van der Waals surface area contributed by atoms with Gasteiger partial charge in [-0.2, -0.15) is 0 Å². The number of benzene rings is 1. The molecule has 0 fully saturated rings. The standard InChI is InChI=1S/C17H12ClF2N3OS/c1-7-6-10(14(19)20)21-17-11(7)12-13(25-17)16(24)23-15(22-12)8-2-4-9(18)5-3-8/h2-6,14-15,22H,1H3,(H,23,24)/t15-/m1/s1. The first-order valence-electron chi connectivity index (χ1n) is 7.49. The zero-order valence-corrected chi connectivity index (χ0v) is 14.5. The average Bonchev–Trinajstić information content (AvgIpc) is 2.95. The van der Waals surface area contributed by atoms with Crippen molar-refractivity contribution in [1.29, 1.82) is 0 Å².